The second-order valence-corrected chi connectivity index (χ2v) is 11.5. The van der Waals surface area contributed by atoms with Crippen LogP contribution in [0.4, 0.5) is 5.69 Å². The van der Waals surface area contributed by atoms with E-state index in [0.29, 0.717) is 37.1 Å². The Morgan fingerprint density at radius 2 is 1.84 bits per heavy atom. The Hall–Kier alpha value is -4.34. The summed E-state index contributed by atoms with van der Waals surface area (Å²) in [7, 11) is 5.48. The van der Waals surface area contributed by atoms with Gasteiger partial charge in [0.25, 0.3) is 5.56 Å². The Labute approximate surface area is 258 Å². The van der Waals surface area contributed by atoms with E-state index in [-0.39, 0.29) is 18.8 Å². The normalized spacial score (nSPS) is 14.7. The second kappa shape index (κ2) is 12.9. The summed E-state index contributed by atoms with van der Waals surface area (Å²) in [6.07, 6.45) is 1.79. The van der Waals surface area contributed by atoms with Gasteiger partial charge < -0.3 is 19.1 Å². The number of rotatable bonds is 9. The zero-order chi connectivity index (χ0) is 30.7. The maximum atomic E-state index is 14.0. The van der Waals surface area contributed by atoms with E-state index >= 15 is 0 Å². The summed E-state index contributed by atoms with van der Waals surface area (Å²) in [5.41, 5.74) is 4.02. The minimum Gasteiger partial charge on any atom is -0.493 e. The van der Waals surface area contributed by atoms with Gasteiger partial charge in [-0.25, -0.2) is 9.79 Å². The Kier molecular flexibility index (Phi) is 9.03. The molecule has 2 heterocycles. The maximum absolute atomic E-state index is 14.0. The van der Waals surface area contributed by atoms with Crippen molar-refractivity contribution in [2.24, 2.45) is 4.99 Å². The molecule has 0 spiro atoms. The summed E-state index contributed by atoms with van der Waals surface area (Å²) in [4.78, 5) is 34.3. The van der Waals surface area contributed by atoms with E-state index in [9.17, 15) is 9.59 Å². The number of allylic oxidation sites excluding steroid dienone is 1. The molecule has 0 amide bonds. The quantitative estimate of drug-likeness (QED) is 0.243. The van der Waals surface area contributed by atoms with E-state index in [1.54, 1.807) is 37.7 Å². The third-order valence-corrected chi connectivity index (χ3v) is 8.42. The summed E-state index contributed by atoms with van der Waals surface area (Å²) in [6, 6.07) is 20.1. The summed E-state index contributed by atoms with van der Waals surface area (Å²) in [5.74, 6) is 0.585. The van der Waals surface area contributed by atoms with Crippen molar-refractivity contribution < 1.29 is 19.0 Å². The van der Waals surface area contributed by atoms with Gasteiger partial charge in [-0.05, 0) is 61.4 Å². The van der Waals surface area contributed by atoms with Gasteiger partial charge in [-0.1, -0.05) is 59.3 Å². The van der Waals surface area contributed by atoms with Crippen molar-refractivity contribution in [1.29, 1.82) is 0 Å². The summed E-state index contributed by atoms with van der Waals surface area (Å²) in [5, 5.41) is 0.627. The molecule has 5 rings (SSSR count). The standard InChI is InChI=1S/C33H32ClN3O5S/c1-6-41-32(39)29-20(2)35-33-37(30(29)22-12-14-24(15-13-22)36(3)4)31(38)28(43-33)18-21-11-16-26(27(17-21)40-5)42-19-23-9-7-8-10-25(23)34/h7-18,30H,6,19H2,1-5H3. The number of benzene rings is 3. The molecule has 4 aromatic rings. The lowest BCUT2D eigenvalue weighted by Gasteiger charge is -2.25. The molecule has 0 radical (unpaired) electrons. The molecule has 1 unspecified atom stereocenters. The molecule has 8 nitrogen and oxygen atoms in total. The van der Waals surface area contributed by atoms with Crippen molar-refractivity contribution in [3.63, 3.8) is 0 Å². The van der Waals surface area contributed by atoms with Crippen molar-refractivity contribution in [3.8, 4) is 11.5 Å². The van der Waals surface area contributed by atoms with Gasteiger partial charge in [0.05, 0.1) is 35.6 Å². The number of nitrogens with zero attached hydrogens (tertiary/aromatic N) is 3. The van der Waals surface area contributed by atoms with Crippen LogP contribution in [0.2, 0.25) is 5.02 Å². The number of thiazole rings is 1. The van der Waals surface area contributed by atoms with Crippen molar-refractivity contribution >= 4 is 40.7 Å². The SMILES string of the molecule is CCOC(=O)C1=C(C)N=c2sc(=Cc3ccc(OCc4ccccc4Cl)c(OC)c3)c(=O)n2C1c1ccc(N(C)C)cc1. The monoisotopic (exact) mass is 617 g/mol. The summed E-state index contributed by atoms with van der Waals surface area (Å²) < 4.78 is 19.0. The molecule has 0 aliphatic carbocycles. The van der Waals surface area contributed by atoms with Gasteiger partial charge in [-0.15, -0.1) is 0 Å². The van der Waals surface area contributed by atoms with Crippen LogP contribution in [0.15, 0.2) is 87.8 Å². The van der Waals surface area contributed by atoms with E-state index in [1.807, 2.05) is 79.7 Å². The first-order chi connectivity index (χ1) is 20.7. The lowest BCUT2D eigenvalue weighted by Crippen LogP contribution is -2.39. The van der Waals surface area contributed by atoms with E-state index in [2.05, 4.69) is 4.99 Å². The lowest BCUT2D eigenvalue weighted by molar-refractivity contribution is -0.139. The minimum atomic E-state index is -0.677. The van der Waals surface area contributed by atoms with Gasteiger partial charge in [0, 0.05) is 30.4 Å². The second-order valence-electron chi connectivity index (χ2n) is 10.1. The molecule has 0 saturated carbocycles. The number of fused-ring (bicyclic) bond motifs is 1. The third kappa shape index (κ3) is 6.23. The van der Waals surface area contributed by atoms with Crippen LogP contribution < -0.4 is 29.3 Å². The molecular formula is C33H32ClN3O5S. The number of hydrogen-bond donors (Lipinski definition) is 0. The fourth-order valence-corrected chi connectivity index (χ4v) is 6.11. The molecule has 1 aromatic heterocycles. The molecular weight excluding hydrogens is 586 g/mol. The van der Waals surface area contributed by atoms with Gasteiger partial charge in [0.2, 0.25) is 0 Å². The van der Waals surface area contributed by atoms with Gasteiger partial charge in [0.15, 0.2) is 16.3 Å². The smallest absolute Gasteiger partial charge is 0.338 e. The van der Waals surface area contributed by atoms with Gasteiger partial charge >= 0.3 is 5.97 Å². The highest BCUT2D eigenvalue weighted by atomic mass is 35.5. The number of carbonyl (C=O) groups is 1. The number of carbonyl (C=O) groups excluding carboxylic acids is 1. The summed E-state index contributed by atoms with van der Waals surface area (Å²) >= 11 is 7.54. The van der Waals surface area contributed by atoms with Crippen LogP contribution in [0.25, 0.3) is 6.08 Å². The molecule has 10 heteroatoms. The first-order valence-electron chi connectivity index (χ1n) is 13.7. The van der Waals surface area contributed by atoms with Crippen LogP contribution in [0.3, 0.4) is 0 Å². The van der Waals surface area contributed by atoms with Crippen LogP contribution in [0.1, 0.15) is 36.6 Å². The topological polar surface area (TPSA) is 82.4 Å². The molecule has 0 bridgehead atoms. The van der Waals surface area contributed by atoms with E-state index in [1.165, 1.54) is 11.3 Å². The Morgan fingerprint density at radius 1 is 1.09 bits per heavy atom. The van der Waals surface area contributed by atoms with Gasteiger partial charge in [0.1, 0.15) is 6.61 Å². The molecule has 222 valence electrons. The largest absolute Gasteiger partial charge is 0.493 e. The Morgan fingerprint density at radius 3 is 2.51 bits per heavy atom. The number of methoxy groups -OCH3 is 1. The lowest BCUT2D eigenvalue weighted by atomic mass is 9.95. The number of ether oxygens (including phenoxy) is 3. The predicted molar refractivity (Wildman–Crippen MR) is 170 cm³/mol. The van der Waals surface area contributed by atoms with E-state index in [4.69, 9.17) is 25.8 Å². The van der Waals surface area contributed by atoms with Gasteiger partial charge in [-0.2, -0.15) is 0 Å². The highest BCUT2D eigenvalue weighted by Gasteiger charge is 2.33. The maximum Gasteiger partial charge on any atom is 0.338 e. The highest BCUT2D eigenvalue weighted by molar-refractivity contribution is 7.07. The predicted octanol–water partition coefficient (Wildman–Crippen LogP) is 5.11. The minimum absolute atomic E-state index is 0.215. The average molecular weight is 618 g/mol. The first-order valence-corrected chi connectivity index (χ1v) is 14.9. The van der Waals surface area contributed by atoms with Crippen LogP contribution in [-0.4, -0.2) is 38.3 Å². The molecule has 1 aliphatic rings. The number of anilines is 1. The van der Waals surface area contributed by atoms with Gasteiger partial charge in [-0.3, -0.25) is 9.36 Å². The van der Waals surface area contributed by atoms with Crippen molar-refractivity contribution in [1.82, 2.24) is 4.57 Å². The van der Waals surface area contributed by atoms with Crippen molar-refractivity contribution in [3.05, 3.63) is 119 Å². The fraction of sp³-hybridized carbons (Fsp3) is 0.242. The number of aromatic nitrogens is 1. The molecule has 0 fully saturated rings. The van der Waals surface area contributed by atoms with E-state index < -0.39 is 12.0 Å². The van der Waals surface area contributed by atoms with Crippen LogP contribution >= 0.6 is 22.9 Å². The zero-order valence-electron chi connectivity index (χ0n) is 24.6. The van der Waals surface area contributed by atoms with Crippen molar-refractivity contribution in [2.75, 3.05) is 32.7 Å². The molecule has 1 atom stereocenters. The third-order valence-electron chi connectivity index (χ3n) is 7.07. The number of halogens is 1. The highest BCUT2D eigenvalue weighted by Crippen LogP contribution is 2.32. The number of hydrogen-bond acceptors (Lipinski definition) is 8. The molecule has 3 aromatic carbocycles. The first kappa shape index (κ1) is 30.1. The summed E-state index contributed by atoms with van der Waals surface area (Å²) in [6.45, 7) is 4.03. The molecule has 0 saturated heterocycles. The fourth-order valence-electron chi connectivity index (χ4n) is 4.88. The Bertz CT molecular complexity index is 1880. The number of esters is 1. The van der Waals surface area contributed by atoms with Crippen LogP contribution in [0.5, 0.6) is 11.5 Å². The average Bonchev–Trinajstić information content (AvgIpc) is 3.30. The van der Waals surface area contributed by atoms with Crippen LogP contribution in [0, 0.1) is 0 Å². The molecule has 0 N–H and O–H groups in total. The van der Waals surface area contributed by atoms with Crippen LogP contribution in [-0.2, 0) is 16.1 Å². The molecule has 43 heavy (non-hydrogen) atoms. The van der Waals surface area contributed by atoms with Crippen molar-refractivity contribution in [2.45, 2.75) is 26.5 Å². The molecule has 1 aliphatic heterocycles. The Balaban J connectivity index is 1.55. The zero-order valence-corrected chi connectivity index (χ0v) is 26.2. The van der Waals surface area contributed by atoms with E-state index in [0.717, 1.165) is 22.4 Å².